The van der Waals surface area contributed by atoms with Crippen LogP contribution in [0, 0.1) is 22.9 Å². The first-order chi connectivity index (χ1) is 9.97. The summed E-state index contributed by atoms with van der Waals surface area (Å²) in [4.78, 5) is 22.1. The van der Waals surface area contributed by atoms with E-state index in [1.54, 1.807) is 19.1 Å². The molecule has 0 saturated heterocycles. The molecule has 5 nitrogen and oxygen atoms in total. The lowest BCUT2D eigenvalue weighted by molar-refractivity contribution is -0.385. The van der Waals surface area contributed by atoms with E-state index in [1.807, 2.05) is 0 Å². The molecule has 0 aromatic heterocycles. The van der Waals surface area contributed by atoms with Crippen molar-refractivity contribution in [2.45, 2.75) is 13.3 Å². The Hall–Kier alpha value is -2.76. The number of nitrogens with zero attached hydrogens (tertiary/aromatic N) is 1. The Labute approximate surface area is 120 Å². The minimum atomic E-state index is -0.756. The molecule has 0 N–H and O–H groups in total. The molecule has 0 saturated carbocycles. The van der Waals surface area contributed by atoms with Crippen LogP contribution in [0.25, 0.3) is 0 Å². The van der Waals surface area contributed by atoms with Crippen molar-refractivity contribution in [3.05, 3.63) is 69.5 Å². The van der Waals surface area contributed by atoms with Crippen LogP contribution in [0.3, 0.4) is 0 Å². The minimum Gasteiger partial charge on any atom is -0.419 e. The highest BCUT2D eigenvalue weighted by Crippen LogP contribution is 2.28. The van der Waals surface area contributed by atoms with Crippen LogP contribution in [-0.4, -0.2) is 10.9 Å². The summed E-state index contributed by atoms with van der Waals surface area (Å²) in [6.45, 7) is 1.72. The second-order valence-corrected chi connectivity index (χ2v) is 4.47. The van der Waals surface area contributed by atoms with E-state index in [9.17, 15) is 19.3 Å². The topological polar surface area (TPSA) is 69.4 Å². The number of carbonyl (C=O) groups is 1. The van der Waals surface area contributed by atoms with Crippen LogP contribution in [0.2, 0.25) is 0 Å². The lowest BCUT2D eigenvalue weighted by Crippen LogP contribution is -2.13. The van der Waals surface area contributed by atoms with Crippen LogP contribution in [0.5, 0.6) is 5.75 Å². The minimum absolute atomic E-state index is 0.138. The van der Waals surface area contributed by atoms with Gasteiger partial charge in [0.1, 0.15) is 5.82 Å². The van der Waals surface area contributed by atoms with Gasteiger partial charge in [-0.2, -0.15) is 0 Å². The Balaban J connectivity index is 2.18. The molecule has 0 atom stereocenters. The summed E-state index contributed by atoms with van der Waals surface area (Å²) in [5, 5.41) is 10.9. The third kappa shape index (κ3) is 3.62. The monoisotopic (exact) mass is 289 g/mol. The van der Waals surface area contributed by atoms with Crippen LogP contribution < -0.4 is 4.74 Å². The van der Waals surface area contributed by atoms with Crippen molar-refractivity contribution in [2.75, 3.05) is 0 Å². The van der Waals surface area contributed by atoms with Crippen molar-refractivity contribution >= 4 is 11.7 Å². The number of benzene rings is 2. The number of nitro groups is 1. The average Bonchev–Trinajstić information content (AvgIpc) is 2.41. The molecule has 6 heteroatoms. The van der Waals surface area contributed by atoms with Gasteiger partial charge in [0.05, 0.1) is 11.3 Å². The van der Waals surface area contributed by atoms with Crippen molar-refractivity contribution in [1.29, 1.82) is 0 Å². The number of rotatable bonds is 4. The molecule has 0 amide bonds. The van der Waals surface area contributed by atoms with Crippen LogP contribution >= 0.6 is 0 Å². The summed E-state index contributed by atoms with van der Waals surface area (Å²) in [7, 11) is 0. The Morgan fingerprint density at radius 1 is 1.29 bits per heavy atom. The largest absolute Gasteiger partial charge is 0.419 e. The number of esters is 1. The van der Waals surface area contributed by atoms with Gasteiger partial charge in [0.2, 0.25) is 5.75 Å². The number of nitro benzene ring substituents is 1. The number of ether oxygens (including phenoxy) is 1. The quantitative estimate of drug-likeness (QED) is 0.375. The third-order valence-electron chi connectivity index (χ3n) is 2.83. The van der Waals surface area contributed by atoms with Crippen molar-refractivity contribution < 1.29 is 18.8 Å². The van der Waals surface area contributed by atoms with Gasteiger partial charge in [-0.3, -0.25) is 14.9 Å². The van der Waals surface area contributed by atoms with Crippen LogP contribution in [0.1, 0.15) is 11.1 Å². The first kappa shape index (κ1) is 14.6. The Kier molecular flexibility index (Phi) is 4.27. The van der Waals surface area contributed by atoms with Gasteiger partial charge in [-0.25, -0.2) is 4.39 Å². The fourth-order valence-electron chi connectivity index (χ4n) is 1.81. The molecule has 0 unspecified atom stereocenters. The zero-order valence-corrected chi connectivity index (χ0v) is 11.2. The summed E-state index contributed by atoms with van der Waals surface area (Å²) in [6.07, 6.45) is -0.294. The van der Waals surface area contributed by atoms with Gasteiger partial charge in [-0.1, -0.05) is 24.3 Å². The maximum atomic E-state index is 13.4. The summed E-state index contributed by atoms with van der Waals surface area (Å²) in [6, 6.07) is 10.0. The van der Waals surface area contributed by atoms with E-state index in [-0.39, 0.29) is 23.4 Å². The molecule has 0 radical (unpaired) electrons. The second-order valence-electron chi connectivity index (χ2n) is 4.47. The molecule has 2 aromatic rings. The fraction of sp³-hybridized carbons (Fsp3) is 0.133. The number of hydrogen-bond donors (Lipinski definition) is 0. The van der Waals surface area contributed by atoms with Gasteiger partial charge in [0.25, 0.3) is 0 Å². The lowest BCUT2D eigenvalue weighted by atomic mass is 10.1. The van der Waals surface area contributed by atoms with Crippen LogP contribution in [-0.2, 0) is 11.2 Å². The smallest absolute Gasteiger partial charge is 0.316 e. The first-order valence-electron chi connectivity index (χ1n) is 6.16. The van der Waals surface area contributed by atoms with Crippen molar-refractivity contribution in [3.8, 4) is 5.75 Å². The van der Waals surface area contributed by atoms with Crippen molar-refractivity contribution in [1.82, 2.24) is 0 Å². The SMILES string of the molecule is Cc1ccc([N+](=O)[O-])c(OC(=O)Cc2ccccc2F)c1. The molecule has 0 aliphatic rings. The number of aryl methyl sites for hydroxylation is 1. The molecule has 0 heterocycles. The van der Waals surface area contributed by atoms with Crippen LogP contribution in [0.4, 0.5) is 10.1 Å². The lowest BCUT2D eigenvalue weighted by Gasteiger charge is -2.06. The van der Waals surface area contributed by atoms with Gasteiger partial charge in [-0.05, 0) is 30.2 Å². The maximum Gasteiger partial charge on any atom is 0.316 e. The van der Waals surface area contributed by atoms with E-state index in [1.165, 1.54) is 30.3 Å². The number of halogens is 1. The molecule has 0 aliphatic carbocycles. The van der Waals surface area contributed by atoms with E-state index in [0.29, 0.717) is 5.56 Å². The molecule has 0 aliphatic heterocycles. The predicted octanol–water partition coefficient (Wildman–Crippen LogP) is 3.19. The average molecular weight is 289 g/mol. The number of carbonyl (C=O) groups excluding carboxylic acids is 1. The highest BCUT2D eigenvalue weighted by molar-refractivity contribution is 5.76. The van der Waals surface area contributed by atoms with Crippen molar-refractivity contribution in [3.63, 3.8) is 0 Å². The van der Waals surface area contributed by atoms with Crippen molar-refractivity contribution in [2.24, 2.45) is 0 Å². The van der Waals surface area contributed by atoms with Crippen LogP contribution in [0.15, 0.2) is 42.5 Å². The summed E-state index contributed by atoms with van der Waals surface area (Å²) >= 11 is 0. The van der Waals surface area contributed by atoms with Gasteiger partial charge in [-0.15, -0.1) is 0 Å². The molecule has 0 bridgehead atoms. The van der Waals surface area contributed by atoms with E-state index >= 15 is 0 Å². The van der Waals surface area contributed by atoms with E-state index in [0.717, 1.165) is 0 Å². The van der Waals surface area contributed by atoms with Gasteiger partial charge in [0, 0.05) is 6.07 Å². The molecular formula is C15H12FNO4. The normalized spacial score (nSPS) is 10.2. The Morgan fingerprint density at radius 2 is 2.00 bits per heavy atom. The highest BCUT2D eigenvalue weighted by atomic mass is 19.1. The first-order valence-corrected chi connectivity index (χ1v) is 6.16. The molecule has 108 valence electrons. The molecule has 0 fully saturated rings. The fourth-order valence-corrected chi connectivity index (χ4v) is 1.81. The molecule has 21 heavy (non-hydrogen) atoms. The Morgan fingerprint density at radius 3 is 2.67 bits per heavy atom. The summed E-state index contributed by atoms with van der Waals surface area (Å²) in [5.41, 5.74) is 0.592. The maximum absolute atomic E-state index is 13.4. The molecule has 2 rings (SSSR count). The molecular weight excluding hydrogens is 277 g/mol. The molecule has 2 aromatic carbocycles. The molecule has 0 spiro atoms. The predicted molar refractivity (Wildman–Crippen MR) is 73.6 cm³/mol. The number of hydrogen-bond acceptors (Lipinski definition) is 4. The van der Waals surface area contributed by atoms with Gasteiger partial charge >= 0.3 is 11.7 Å². The zero-order valence-electron chi connectivity index (χ0n) is 11.2. The standard InChI is InChI=1S/C15H12FNO4/c1-10-6-7-13(17(19)20)14(8-10)21-15(18)9-11-4-2-3-5-12(11)16/h2-8H,9H2,1H3. The second kappa shape index (κ2) is 6.13. The van der Waals surface area contributed by atoms with E-state index < -0.39 is 16.7 Å². The highest BCUT2D eigenvalue weighted by Gasteiger charge is 2.18. The Bertz CT molecular complexity index is 700. The van der Waals surface area contributed by atoms with E-state index in [4.69, 9.17) is 4.74 Å². The summed E-state index contributed by atoms with van der Waals surface area (Å²) in [5.74, 6) is -1.41. The summed E-state index contributed by atoms with van der Waals surface area (Å²) < 4.78 is 18.4. The van der Waals surface area contributed by atoms with Gasteiger partial charge in [0.15, 0.2) is 0 Å². The van der Waals surface area contributed by atoms with E-state index in [2.05, 4.69) is 0 Å². The van der Waals surface area contributed by atoms with Gasteiger partial charge < -0.3 is 4.74 Å². The third-order valence-corrected chi connectivity index (χ3v) is 2.83. The zero-order chi connectivity index (χ0) is 15.4.